The molecule has 0 radical (unpaired) electrons. The Hall–Kier alpha value is -2.08. The molecule has 4 heteroatoms. The molecule has 0 bridgehead atoms. The second kappa shape index (κ2) is 10.9. The maximum Gasteiger partial charge on any atom is 0.0341 e. The fraction of sp³-hybridized carbons (Fsp3) is 0.103. The van der Waals surface area contributed by atoms with E-state index >= 15 is 0 Å². The molecule has 0 saturated heterocycles. The summed E-state index contributed by atoms with van der Waals surface area (Å²) in [6, 6.07) is 38.1. The highest BCUT2D eigenvalue weighted by atomic mass is 32.4. The Morgan fingerprint density at radius 1 is 0.576 bits per heavy atom. The highest BCUT2D eigenvalue weighted by molar-refractivity contribution is 8.25. The molecule has 0 saturated carbocycles. The third-order valence-corrected chi connectivity index (χ3v) is 15.5. The van der Waals surface area contributed by atoms with Crippen LogP contribution in [0.1, 0.15) is 19.8 Å². The lowest BCUT2D eigenvalue weighted by Gasteiger charge is -2.30. The van der Waals surface area contributed by atoms with Gasteiger partial charge < -0.3 is 0 Å². The van der Waals surface area contributed by atoms with Gasteiger partial charge in [-0.1, -0.05) is 158 Å². The first-order chi connectivity index (χ1) is 16.1. The van der Waals surface area contributed by atoms with Crippen molar-refractivity contribution < 1.29 is 0 Å². The standard InChI is InChI=1S/C29H28P2S2/c1-2-15-29(31(33,27-20-11-5-12-21-27)28-22-13-6-14-23-28)24-30(32,25-16-7-3-8-17-25)26-18-9-4-10-19-26/h3-14,16-24H,2,15H2,1H3/b29-24-. The van der Waals surface area contributed by atoms with Crippen LogP contribution >= 0.6 is 12.1 Å². The maximum atomic E-state index is 6.70. The van der Waals surface area contributed by atoms with E-state index in [0.717, 1.165) is 12.8 Å². The molecule has 0 heterocycles. The van der Waals surface area contributed by atoms with Crippen molar-refractivity contribution in [1.82, 2.24) is 0 Å². The smallest absolute Gasteiger partial charge is 0.0341 e. The van der Waals surface area contributed by atoms with Gasteiger partial charge in [-0.2, -0.15) is 0 Å². The number of benzene rings is 4. The van der Waals surface area contributed by atoms with Crippen LogP contribution in [-0.4, -0.2) is 0 Å². The van der Waals surface area contributed by atoms with E-state index in [1.54, 1.807) is 0 Å². The molecule has 0 aliphatic heterocycles. The van der Waals surface area contributed by atoms with Crippen molar-refractivity contribution >= 4 is 56.9 Å². The zero-order valence-electron chi connectivity index (χ0n) is 18.7. The van der Waals surface area contributed by atoms with Crippen molar-refractivity contribution in [2.24, 2.45) is 0 Å². The zero-order valence-corrected chi connectivity index (χ0v) is 22.2. The van der Waals surface area contributed by atoms with Crippen molar-refractivity contribution in [1.29, 1.82) is 0 Å². The lowest BCUT2D eigenvalue weighted by atomic mass is 10.3. The summed E-state index contributed by atoms with van der Waals surface area (Å²) < 4.78 is 0. The molecule has 33 heavy (non-hydrogen) atoms. The average Bonchev–Trinajstić information content (AvgIpc) is 2.90. The predicted octanol–water partition coefficient (Wildman–Crippen LogP) is 6.89. The Bertz CT molecular complexity index is 1210. The van der Waals surface area contributed by atoms with Crippen molar-refractivity contribution in [3.63, 3.8) is 0 Å². The van der Waals surface area contributed by atoms with Crippen LogP contribution < -0.4 is 21.2 Å². The minimum atomic E-state index is -2.23. The fourth-order valence-corrected chi connectivity index (χ4v) is 13.1. The molecule has 0 unspecified atom stereocenters. The summed E-state index contributed by atoms with van der Waals surface area (Å²) in [5.74, 6) is 2.43. The second-order valence-corrected chi connectivity index (χ2v) is 16.8. The van der Waals surface area contributed by atoms with Gasteiger partial charge in [-0.3, -0.25) is 0 Å². The minimum Gasteiger partial charge on any atom is -0.0832 e. The summed E-state index contributed by atoms with van der Waals surface area (Å²) >= 11 is 13.3. The topological polar surface area (TPSA) is 0 Å². The fourth-order valence-electron chi connectivity index (χ4n) is 4.12. The number of rotatable bonds is 8. The minimum absolute atomic E-state index is 0.944. The van der Waals surface area contributed by atoms with Crippen LogP contribution in [0.5, 0.6) is 0 Å². The van der Waals surface area contributed by atoms with Crippen molar-refractivity contribution in [3.05, 3.63) is 132 Å². The van der Waals surface area contributed by atoms with E-state index in [-0.39, 0.29) is 0 Å². The molecular weight excluding hydrogens is 474 g/mol. The van der Waals surface area contributed by atoms with E-state index in [4.69, 9.17) is 23.6 Å². The first-order valence-electron chi connectivity index (χ1n) is 11.2. The lowest BCUT2D eigenvalue weighted by Crippen LogP contribution is -2.19. The largest absolute Gasteiger partial charge is 0.0832 e. The average molecular weight is 503 g/mol. The van der Waals surface area contributed by atoms with Gasteiger partial charge in [0, 0.05) is 12.1 Å². The number of allylic oxidation sites excluding steroid dienone is 1. The van der Waals surface area contributed by atoms with Gasteiger partial charge in [-0.15, -0.1) is 0 Å². The molecule has 0 nitrogen and oxygen atoms in total. The number of hydrogen-bond acceptors (Lipinski definition) is 2. The molecule has 0 fully saturated rings. The van der Waals surface area contributed by atoms with Gasteiger partial charge >= 0.3 is 0 Å². The van der Waals surface area contributed by atoms with Gasteiger partial charge in [0.15, 0.2) is 0 Å². The lowest BCUT2D eigenvalue weighted by molar-refractivity contribution is 0.947. The summed E-state index contributed by atoms with van der Waals surface area (Å²) in [7, 11) is 0. The van der Waals surface area contributed by atoms with E-state index in [2.05, 4.69) is 134 Å². The van der Waals surface area contributed by atoms with Crippen LogP contribution in [0.4, 0.5) is 0 Å². The molecule has 0 spiro atoms. The van der Waals surface area contributed by atoms with Crippen LogP contribution in [0, 0.1) is 0 Å². The zero-order chi connectivity index (χ0) is 23.2. The molecule has 4 aromatic carbocycles. The molecule has 0 N–H and O–H groups in total. The second-order valence-electron chi connectivity index (χ2n) is 7.98. The van der Waals surface area contributed by atoms with Crippen LogP contribution in [-0.2, 0) is 23.6 Å². The molecule has 0 atom stereocenters. The first-order valence-corrected chi connectivity index (χ1v) is 16.9. The quantitative estimate of drug-likeness (QED) is 0.241. The third kappa shape index (κ3) is 5.06. The Morgan fingerprint density at radius 3 is 1.24 bits per heavy atom. The summed E-state index contributed by atoms with van der Waals surface area (Å²) in [5, 5.41) is 6.21. The van der Waals surface area contributed by atoms with E-state index in [1.165, 1.54) is 26.5 Å². The normalized spacial score (nSPS) is 12.5. The van der Waals surface area contributed by atoms with Crippen molar-refractivity contribution in [2.45, 2.75) is 19.8 Å². The van der Waals surface area contributed by atoms with Gasteiger partial charge in [-0.05, 0) is 38.8 Å². The highest BCUT2D eigenvalue weighted by Gasteiger charge is 2.30. The molecule has 0 aliphatic rings. The number of hydrogen-bond donors (Lipinski definition) is 0. The van der Waals surface area contributed by atoms with E-state index in [0.29, 0.717) is 0 Å². The Morgan fingerprint density at radius 2 is 0.909 bits per heavy atom. The molecular formula is C29H28P2S2. The highest BCUT2D eigenvalue weighted by Crippen LogP contribution is 2.59. The van der Waals surface area contributed by atoms with E-state index < -0.39 is 12.1 Å². The van der Waals surface area contributed by atoms with Crippen LogP contribution in [0.2, 0.25) is 0 Å². The van der Waals surface area contributed by atoms with Gasteiger partial charge in [0.25, 0.3) is 0 Å². The Labute approximate surface area is 208 Å². The first kappa shape index (κ1) is 24.1. The van der Waals surface area contributed by atoms with Crippen LogP contribution in [0.25, 0.3) is 0 Å². The molecule has 0 amide bonds. The van der Waals surface area contributed by atoms with Gasteiger partial charge in [0.1, 0.15) is 0 Å². The van der Waals surface area contributed by atoms with Crippen LogP contribution in [0.15, 0.2) is 132 Å². The monoisotopic (exact) mass is 502 g/mol. The van der Waals surface area contributed by atoms with Crippen molar-refractivity contribution in [2.75, 3.05) is 0 Å². The van der Waals surface area contributed by atoms with E-state index in [9.17, 15) is 0 Å². The Kier molecular flexibility index (Phi) is 7.94. The predicted molar refractivity (Wildman–Crippen MR) is 156 cm³/mol. The summed E-state index contributed by atoms with van der Waals surface area (Å²) in [6.07, 6.45) is 1.97. The SMILES string of the molecule is CCC/C(=C/P(=S)(c1ccccc1)c1ccccc1)P(=S)(c1ccccc1)c1ccccc1. The molecule has 0 aliphatic carbocycles. The molecule has 166 valence electrons. The summed E-state index contributed by atoms with van der Waals surface area (Å²) in [5.41, 5.74) is 0. The Balaban J connectivity index is 2.02. The summed E-state index contributed by atoms with van der Waals surface area (Å²) in [4.78, 5) is 0. The molecule has 0 aromatic heterocycles. The van der Waals surface area contributed by atoms with Gasteiger partial charge in [0.2, 0.25) is 0 Å². The third-order valence-electron chi connectivity index (χ3n) is 5.76. The molecule has 4 aromatic rings. The van der Waals surface area contributed by atoms with Crippen LogP contribution in [0.3, 0.4) is 0 Å². The van der Waals surface area contributed by atoms with Gasteiger partial charge in [0.05, 0.1) is 0 Å². The maximum absolute atomic E-state index is 6.70. The molecule has 4 rings (SSSR count). The van der Waals surface area contributed by atoms with Gasteiger partial charge in [-0.25, -0.2) is 0 Å². The van der Waals surface area contributed by atoms with Crippen molar-refractivity contribution in [3.8, 4) is 0 Å². The van der Waals surface area contributed by atoms with E-state index in [1.807, 2.05) is 0 Å². The summed E-state index contributed by atoms with van der Waals surface area (Å²) in [6.45, 7) is 2.23.